The van der Waals surface area contributed by atoms with Gasteiger partial charge in [-0.3, -0.25) is 9.59 Å². The molecule has 1 fully saturated rings. The van der Waals surface area contributed by atoms with Crippen molar-refractivity contribution in [3.8, 4) is 5.75 Å². The minimum Gasteiger partial charge on any atom is -0.489 e. The zero-order valence-corrected chi connectivity index (χ0v) is 20.4. The molecule has 1 amide bonds. The molecule has 2 aliphatic rings. The molecule has 7 heteroatoms. The number of ether oxygens (including phenoxy) is 1. The molecule has 182 valence electrons. The molecule has 2 aromatic heterocycles. The summed E-state index contributed by atoms with van der Waals surface area (Å²) in [6.45, 7) is 11.6. The van der Waals surface area contributed by atoms with Gasteiger partial charge in [-0.2, -0.15) is 0 Å². The Morgan fingerprint density at radius 2 is 1.91 bits per heavy atom. The van der Waals surface area contributed by atoms with Crippen LogP contribution in [0, 0.1) is 19.8 Å². The van der Waals surface area contributed by atoms with Crippen LogP contribution in [0.3, 0.4) is 0 Å². The first-order valence-corrected chi connectivity index (χ1v) is 12.0. The number of carbonyl (C=O) groups excluding carboxylic acids is 1. The first kappa shape index (κ1) is 23.1. The van der Waals surface area contributed by atoms with Crippen LogP contribution in [-0.2, 0) is 17.8 Å². The van der Waals surface area contributed by atoms with Gasteiger partial charge < -0.3 is 18.6 Å². The molecular weight excluding hydrogens is 444 g/mol. The van der Waals surface area contributed by atoms with Crippen LogP contribution >= 0.6 is 0 Å². The van der Waals surface area contributed by atoms with Crippen LogP contribution in [0.1, 0.15) is 41.6 Å². The molecule has 2 aliphatic heterocycles. The van der Waals surface area contributed by atoms with Crippen molar-refractivity contribution in [2.45, 2.75) is 46.1 Å². The smallest absolute Gasteiger partial charge is 0.340 e. The monoisotopic (exact) mass is 474 g/mol. The maximum absolute atomic E-state index is 13.3. The molecular formula is C28H30N2O5. The van der Waals surface area contributed by atoms with Gasteiger partial charge in [0.2, 0.25) is 5.91 Å². The van der Waals surface area contributed by atoms with Gasteiger partial charge in [0.15, 0.2) is 0 Å². The van der Waals surface area contributed by atoms with E-state index in [1.54, 1.807) is 12.1 Å². The van der Waals surface area contributed by atoms with Gasteiger partial charge >= 0.3 is 5.63 Å². The van der Waals surface area contributed by atoms with Crippen molar-refractivity contribution >= 4 is 16.9 Å². The van der Waals surface area contributed by atoms with E-state index in [9.17, 15) is 14.4 Å². The highest BCUT2D eigenvalue weighted by atomic mass is 16.5. The maximum Gasteiger partial charge on any atom is 0.340 e. The molecule has 0 N–H and O–H groups in total. The number of benzene rings is 1. The summed E-state index contributed by atoms with van der Waals surface area (Å²) in [7, 11) is 0. The SMILES string of the molecule is C=C(C)COc1ccc2c(C)c(CC(=O)N3C[C@H]4C[C@@H](C3)c3cccc(=O)n3C4)c(=O)oc2c1C. The predicted molar refractivity (Wildman–Crippen MR) is 134 cm³/mol. The lowest BCUT2D eigenvalue weighted by Gasteiger charge is -2.42. The van der Waals surface area contributed by atoms with Crippen LogP contribution in [0.15, 0.2) is 56.5 Å². The highest BCUT2D eigenvalue weighted by Crippen LogP contribution is 2.35. The average Bonchev–Trinajstić information content (AvgIpc) is 2.82. The van der Waals surface area contributed by atoms with Gasteiger partial charge in [0, 0.05) is 48.3 Å². The van der Waals surface area contributed by atoms with E-state index in [2.05, 4.69) is 6.58 Å². The van der Waals surface area contributed by atoms with Gasteiger partial charge in [-0.15, -0.1) is 0 Å². The Labute approximate surface area is 203 Å². The molecule has 0 aliphatic carbocycles. The molecule has 35 heavy (non-hydrogen) atoms. The molecule has 1 saturated heterocycles. The summed E-state index contributed by atoms with van der Waals surface area (Å²) in [6.07, 6.45) is 0.970. The number of rotatable bonds is 5. The van der Waals surface area contributed by atoms with E-state index in [4.69, 9.17) is 9.15 Å². The van der Waals surface area contributed by atoms with E-state index >= 15 is 0 Å². The lowest BCUT2D eigenvalue weighted by Crippen LogP contribution is -2.49. The van der Waals surface area contributed by atoms with Gasteiger partial charge in [-0.1, -0.05) is 12.6 Å². The minimum atomic E-state index is -0.488. The van der Waals surface area contributed by atoms with Crippen molar-refractivity contribution in [2.24, 2.45) is 5.92 Å². The van der Waals surface area contributed by atoms with Crippen molar-refractivity contribution in [1.82, 2.24) is 9.47 Å². The fourth-order valence-corrected chi connectivity index (χ4v) is 5.50. The number of hydrogen-bond acceptors (Lipinski definition) is 5. The summed E-state index contributed by atoms with van der Waals surface area (Å²) >= 11 is 0. The molecule has 3 aromatic rings. The van der Waals surface area contributed by atoms with Crippen molar-refractivity contribution in [2.75, 3.05) is 19.7 Å². The van der Waals surface area contributed by atoms with Gasteiger partial charge in [-0.05, 0) is 62.4 Å². The third-order valence-electron chi connectivity index (χ3n) is 7.29. The average molecular weight is 475 g/mol. The van der Waals surface area contributed by atoms with Gasteiger partial charge in [0.25, 0.3) is 5.56 Å². The topological polar surface area (TPSA) is 81.8 Å². The summed E-state index contributed by atoms with van der Waals surface area (Å²) in [6, 6.07) is 9.10. The molecule has 0 radical (unpaired) electrons. The van der Waals surface area contributed by atoms with E-state index in [-0.39, 0.29) is 29.7 Å². The van der Waals surface area contributed by atoms with Crippen LogP contribution in [0.2, 0.25) is 0 Å². The first-order valence-electron chi connectivity index (χ1n) is 12.0. The number of aromatic nitrogens is 1. The normalized spacial score (nSPS) is 18.9. The van der Waals surface area contributed by atoms with Crippen LogP contribution in [-0.4, -0.2) is 35.1 Å². The van der Waals surface area contributed by atoms with Gasteiger partial charge in [0.05, 0.1) is 12.0 Å². The fourth-order valence-electron chi connectivity index (χ4n) is 5.50. The third kappa shape index (κ3) is 4.20. The largest absolute Gasteiger partial charge is 0.489 e. The highest BCUT2D eigenvalue weighted by molar-refractivity contribution is 5.87. The molecule has 0 unspecified atom stereocenters. The Balaban J connectivity index is 1.40. The van der Waals surface area contributed by atoms with Crippen molar-refractivity contribution < 1.29 is 13.9 Å². The van der Waals surface area contributed by atoms with Gasteiger partial charge in [-0.25, -0.2) is 4.79 Å². The van der Waals surface area contributed by atoms with Crippen molar-refractivity contribution in [1.29, 1.82) is 0 Å². The zero-order valence-electron chi connectivity index (χ0n) is 20.4. The predicted octanol–water partition coefficient (Wildman–Crippen LogP) is 3.71. The second kappa shape index (κ2) is 8.87. The Hall–Kier alpha value is -3.61. The number of carbonyl (C=O) groups is 1. The van der Waals surface area contributed by atoms with E-state index in [0.29, 0.717) is 43.1 Å². The Kier molecular flexibility index (Phi) is 5.87. The molecule has 4 heterocycles. The standard InChI is InChI=1S/C28H30N2O5/c1-16(2)15-34-24-9-8-21-17(3)22(28(33)35-27(21)18(24)4)11-26(32)29-12-19-10-20(14-29)23-6-5-7-25(31)30(23)13-19/h5-9,19-20H,1,10-15H2,2-4H3/t19-,20+/m1/s1. The molecule has 5 rings (SSSR count). The number of likely N-dealkylation sites (tertiary alicyclic amines) is 1. The number of pyridine rings is 1. The summed E-state index contributed by atoms with van der Waals surface area (Å²) in [5.41, 5.74) is 3.80. The van der Waals surface area contributed by atoms with Gasteiger partial charge in [0.1, 0.15) is 17.9 Å². The van der Waals surface area contributed by atoms with Crippen molar-refractivity contribution in [3.05, 3.63) is 85.6 Å². The number of piperidine rings is 1. The Morgan fingerprint density at radius 1 is 1.11 bits per heavy atom. The van der Waals surface area contributed by atoms with E-state index in [1.165, 1.54) is 0 Å². The first-order chi connectivity index (χ1) is 16.7. The molecule has 0 saturated carbocycles. The minimum absolute atomic E-state index is 0.00189. The lowest BCUT2D eigenvalue weighted by atomic mass is 9.83. The third-order valence-corrected chi connectivity index (χ3v) is 7.29. The van der Waals surface area contributed by atoms with Crippen LogP contribution in [0.5, 0.6) is 5.75 Å². The van der Waals surface area contributed by atoms with Crippen molar-refractivity contribution in [3.63, 3.8) is 0 Å². The Bertz CT molecular complexity index is 1460. The zero-order chi connectivity index (χ0) is 24.9. The van der Waals surface area contributed by atoms with Crippen LogP contribution in [0.4, 0.5) is 0 Å². The second-order valence-electron chi connectivity index (χ2n) is 9.98. The summed E-state index contributed by atoms with van der Waals surface area (Å²) in [5.74, 6) is 0.930. The van der Waals surface area contributed by atoms with Crippen LogP contribution in [0.25, 0.3) is 11.0 Å². The summed E-state index contributed by atoms with van der Waals surface area (Å²) < 4.78 is 13.3. The lowest BCUT2D eigenvalue weighted by molar-refractivity contribution is -0.133. The summed E-state index contributed by atoms with van der Waals surface area (Å²) in [5, 5.41) is 0.802. The quantitative estimate of drug-likeness (QED) is 0.416. The molecule has 2 atom stereocenters. The number of aryl methyl sites for hydroxylation is 2. The number of nitrogens with zero attached hydrogens (tertiary/aromatic N) is 2. The highest BCUT2D eigenvalue weighted by Gasteiger charge is 2.36. The summed E-state index contributed by atoms with van der Waals surface area (Å²) in [4.78, 5) is 40.4. The molecule has 1 aromatic carbocycles. The molecule has 2 bridgehead atoms. The van der Waals surface area contributed by atoms with E-state index < -0.39 is 5.63 Å². The molecule has 7 nitrogen and oxygen atoms in total. The fraction of sp³-hybridized carbons (Fsp3) is 0.393. The maximum atomic E-state index is 13.3. The van der Waals surface area contributed by atoms with E-state index in [1.807, 2.05) is 48.4 Å². The Morgan fingerprint density at radius 3 is 2.69 bits per heavy atom. The van der Waals surface area contributed by atoms with E-state index in [0.717, 1.165) is 34.2 Å². The number of amides is 1. The second-order valence-corrected chi connectivity index (χ2v) is 9.98. The van der Waals surface area contributed by atoms with Crippen LogP contribution < -0.4 is 15.9 Å². The molecule has 0 spiro atoms. The number of fused-ring (bicyclic) bond motifs is 5. The number of hydrogen-bond donors (Lipinski definition) is 0.